The Hall–Kier alpha value is -0.240. The van der Waals surface area contributed by atoms with E-state index < -0.39 is 0 Å². The summed E-state index contributed by atoms with van der Waals surface area (Å²) < 4.78 is 5.85. The van der Waals surface area contributed by atoms with Gasteiger partial charge in [-0.15, -0.1) is 11.6 Å². The average Bonchev–Trinajstić information content (AvgIpc) is 2.33. The third-order valence-corrected chi connectivity index (χ3v) is 5.44. The van der Waals surface area contributed by atoms with E-state index in [4.69, 9.17) is 16.3 Å². The number of halogens is 1. The quantitative estimate of drug-likeness (QED) is 0.573. The fourth-order valence-corrected chi connectivity index (χ4v) is 4.63. The maximum Gasteiger partial charge on any atom is 0.321 e. The predicted octanol–water partition coefficient (Wildman–Crippen LogP) is 4.01. The lowest BCUT2D eigenvalue weighted by Crippen LogP contribution is -2.54. The lowest BCUT2D eigenvalue weighted by Gasteiger charge is -2.53. The number of fused-ring (bicyclic) bond motifs is 2. The minimum atomic E-state index is -0.253. The second-order valence-corrected chi connectivity index (χ2v) is 6.70. The molecular weight excluding hydrogens is 248 g/mol. The molecule has 104 valence electrons. The first kappa shape index (κ1) is 14.2. The number of carbonyl (C=O) groups excluding carboxylic acids is 1. The van der Waals surface area contributed by atoms with E-state index in [0.717, 1.165) is 18.3 Å². The Morgan fingerprint density at radius 2 is 2.00 bits per heavy atom. The average molecular weight is 273 g/mol. The molecule has 0 saturated heterocycles. The van der Waals surface area contributed by atoms with Crippen molar-refractivity contribution >= 4 is 17.6 Å². The van der Waals surface area contributed by atoms with Gasteiger partial charge in [-0.1, -0.05) is 20.8 Å². The van der Waals surface area contributed by atoms with Gasteiger partial charge in [0.1, 0.15) is 11.5 Å². The summed E-state index contributed by atoms with van der Waals surface area (Å²) in [6.45, 7) is 6.73. The van der Waals surface area contributed by atoms with Gasteiger partial charge in [0.05, 0.1) is 0 Å². The highest BCUT2D eigenvalue weighted by atomic mass is 35.5. The summed E-state index contributed by atoms with van der Waals surface area (Å²) in [6, 6.07) is 0. The van der Waals surface area contributed by atoms with Gasteiger partial charge in [0.2, 0.25) is 0 Å². The van der Waals surface area contributed by atoms with Crippen molar-refractivity contribution in [2.45, 2.75) is 58.5 Å². The van der Waals surface area contributed by atoms with Crippen LogP contribution in [-0.2, 0) is 9.53 Å². The van der Waals surface area contributed by atoms with E-state index in [1.807, 2.05) is 0 Å². The molecule has 2 aliphatic rings. The summed E-state index contributed by atoms with van der Waals surface area (Å²) in [5.74, 6) is 2.32. The van der Waals surface area contributed by atoms with E-state index >= 15 is 0 Å². The zero-order valence-electron chi connectivity index (χ0n) is 11.7. The van der Waals surface area contributed by atoms with Gasteiger partial charge in [0, 0.05) is 0 Å². The normalized spacial score (nSPS) is 43.6. The molecule has 2 bridgehead atoms. The van der Waals surface area contributed by atoms with Crippen molar-refractivity contribution in [1.82, 2.24) is 0 Å². The Morgan fingerprint density at radius 1 is 1.28 bits per heavy atom. The van der Waals surface area contributed by atoms with Crippen LogP contribution in [-0.4, -0.2) is 17.5 Å². The van der Waals surface area contributed by atoms with Crippen LogP contribution in [0.15, 0.2) is 0 Å². The summed E-state index contributed by atoms with van der Waals surface area (Å²) >= 11 is 5.63. The number of alkyl halides is 1. The second kappa shape index (κ2) is 5.40. The van der Waals surface area contributed by atoms with E-state index in [0.29, 0.717) is 11.8 Å². The maximum absolute atomic E-state index is 11.7. The highest BCUT2D eigenvalue weighted by molar-refractivity contribution is 6.26. The maximum atomic E-state index is 11.7. The fraction of sp³-hybridized carbons (Fsp3) is 0.933. The molecule has 2 rings (SSSR count). The number of hydrogen-bond donors (Lipinski definition) is 0. The Balaban J connectivity index is 2.22. The van der Waals surface area contributed by atoms with Crippen LogP contribution in [0.25, 0.3) is 0 Å². The first-order valence-corrected chi connectivity index (χ1v) is 7.83. The molecular formula is C15H25ClO2. The summed E-state index contributed by atoms with van der Waals surface area (Å²) in [7, 11) is 0. The van der Waals surface area contributed by atoms with Crippen LogP contribution in [0, 0.1) is 23.7 Å². The number of carbonyl (C=O) groups is 1. The topological polar surface area (TPSA) is 26.3 Å². The van der Waals surface area contributed by atoms with E-state index in [-0.39, 0.29) is 17.5 Å². The van der Waals surface area contributed by atoms with Gasteiger partial charge in [-0.05, 0) is 55.8 Å². The van der Waals surface area contributed by atoms with Crippen LogP contribution in [0.1, 0.15) is 52.9 Å². The Morgan fingerprint density at radius 3 is 2.61 bits per heavy atom. The first-order chi connectivity index (χ1) is 8.51. The number of rotatable bonds is 3. The van der Waals surface area contributed by atoms with E-state index in [2.05, 4.69) is 20.8 Å². The van der Waals surface area contributed by atoms with E-state index in [9.17, 15) is 4.79 Å². The third kappa shape index (κ3) is 2.41. The molecule has 0 aliphatic heterocycles. The molecule has 0 aromatic heterocycles. The van der Waals surface area contributed by atoms with Crippen LogP contribution >= 0.6 is 11.6 Å². The molecule has 0 spiro atoms. The Labute approximate surface area is 115 Å². The molecule has 2 aliphatic carbocycles. The standard InChI is InChI=1S/C15H25ClO2/c1-4-15(18-14(17)9-16)11(3)7-12-5-10(2)6-13(15)8-12/h10-13H,4-9H2,1-3H3. The third-order valence-electron chi connectivity index (χ3n) is 5.22. The monoisotopic (exact) mass is 272 g/mol. The van der Waals surface area contributed by atoms with Crippen molar-refractivity contribution in [2.24, 2.45) is 23.7 Å². The summed E-state index contributed by atoms with van der Waals surface area (Å²) in [5.41, 5.74) is -0.253. The molecule has 2 nitrogen and oxygen atoms in total. The van der Waals surface area contributed by atoms with Crippen molar-refractivity contribution in [3.8, 4) is 0 Å². The molecule has 18 heavy (non-hydrogen) atoms. The molecule has 0 heterocycles. The SMILES string of the molecule is CCC1(OC(=O)CCl)C(C)CC2CC(C)CC1C2. The second-order valence-electron chi connectivity index (χ2n) is 6.43. The molecule has 5 unspecified atom stereocenters. The van der Waals surface area contributed by atoms with Crippen LogP contribution < -0.4 is 0 Å². The lowest BCUT2D eigenvalue weighted by molar-refractivity contribution is -0.188. The van der Waals surface area contributed by atoms with Crippen molar-refractivity contribution in [3.05, 3.63) is 0 Å². The molecule has 0 N–H and O–H groups in total. The molecule has 2 saturated carbocycles. The number of esters is 1. The summed E-state index contributed by atoms with van der Waals surface area (Å²) in [4.78, 5) is 11.7. The lowest BCUT2D eigenvalue weighted by atomic mass is 9.57. The fourth-order valence-electron chi connectivity index (χ4n) is 4.57. The van der Waals surface area contributed by atoms with Crippen LogP contribution in [0.5, 0.6) is 0 Å². The van der Waals surface area contributed by atoms with Crippen LogP contribution in [0.3, 0.4) is 0 Å². The molecule has 0 amide bonds. The minimum Gasteiger partial charge on any atom is -0.458 e. The largest absolute Gasteiger partial charge is 0.458 e. The zero-order valence-corrected chi connectivity index (χ0v) is 12.5. The molecule has 2 fully saturated rings. The molecule has 0 aromatic carbocycles. The first-order valence-electron chi connectivity index (χ1n) is 7.29. The van der Waals surface area contributed by atoms with E-state index in [1.54, 1.807) is 0 Å². The van der Waals surface area contributed by atoms with Gasteiger partial charge >= 0.3 is 5.97 Å². The molecule has 3 heteroatoms. The molecule has 0 radical (unpaired) electrons. The molecule has 0 aromatic rings. The summed E-state index contributed by atoms with van der Waals surface area (Å²) in [6.07, 6.45) is 5.90. The van der Waals surface area contributed by atoms with Gasteiger partial charge in [-0.3, -0.25) is 4.79 Å². The van der Waals surface area contributed by atoms with Gasteiger partial charge in [-0.25, -0.2) is 0 Å². The van der Waals surface area contributed by atoms with Crippen molar-refractivity contribution < 1.29 is 9.53 Å². The van der Waals surface area contributed by atoms with Gasteiger partial charge in [0.25, 0.3) is 0 Å². The Kier molecular flexibility index (Phi) is 4.25. The summed E-state index contributed by atoms with van der Waals surface area (Å²) in [5, 5.41) is 0. The zero-order chi connectivity index (χ0) is 13.3. The minimum absolute atomic E-state index is 0.0276. The molecule has 5 atom stereocenters. The predicted molar refractivity (Wildman–Crippen MR) is 73.6 cm³/mol. The van der Waals surface area contributed by atoms with Crippen molar-refractivity contribution in [2.75, 3.05) is 5.88 Å². The smallest absolute Gasteiger partial charge is 0.321 e. The van der Waals surface area contributed by atoms with Crippen LogP contribution in [0.4, 0.5) is 0 Å². The number of ether oxygens (including phenoxy) is 1. The Bertz CT molecular complexity index is 314. The van der Waals surface area contributed by atoms with Crippen molar-refractivity contribution in [3.63, 3.8) is 0 Å². The van der Waals surface area contributed by atoms with Gasteiger partial charge in [0.15, 0.2) is 0 Å². The van der Waals surface area contributed by atoms with Gasteiger partial charge in [-0.2, -0.15) is 0 Å². The highest BCUT2D eigenvalue weighted by Gasteiger charge is 2.52. The van der Waals surface area contributed by atoms with Gasteiger partial charge < -0.3 is 4.74 Å². The highest BCUT2D eigenvalue weighted by Crippen LogP contribution is 2.53. The number of hydrogen-bond acceptors (Lipinski definition) is 2. The van der Waals surface area contributed by atoms with Crippen molar-refractivity contribution in [1.29, 1.82) is 0 Å². The van der Waals surface area contributed by atoms with E-state index in [1.165, 1.54) is 25.7 Å². The van der Waals surface area contributed by atoms with Crippen LogP contribution in [0.2, 0.25) is 0 Å².